The molecule has 1 aromatic rings. The van der Waals surface area contributed by atoms with E-state index in [4.69, 9.17) is 4.74 Å². The third-order valence-electron chi connectivity index (χ3n) is 3.91. The first-order chi connectivity index (χ1) is 9.33. The quantitative estimate of drug-likeness (QED) is 0.867. The first-order valence-corrected chi connectivity index (χ1v) is 7.03. The van der Waals surface area contributed by atoms with E-state index in [1.807, 2.05) is 18.2 Å². The fourth-order valence-corrected chi connectivity index (χ4v) is 2.79. The predicted molar refractivity (Wildman–Crippen MR) is 74.1 cm³/mol. The summed E-state index contributed by atoms with van der Waals surface area (Å²) >= 11 is 0. The Balaban J connectivity index is 1.49. The van der Waals surface area contributed by atoms with Gasteiger partial charge in [0.2, 0.25) is 5.91 Å². The van der Waals surface area contributed by atoms with Crippen LogP contribution in [-0.2, 0) is 16.0 Å². The fourth-order valence-electron chi connectivity index (χ4n) is 2.79. The standard InChI is InChI=1S/C15H20N2O2/c18-15(16-9-11-4-3-7-19-10-11)14-8-12-5-1-2-6-13(12)17-14/h1-2,5-6,11,14,17H,3-4,7-10H2,(H,16,18). The number of rotatable bonds is 3. The van der Waals surface area contributed by atoms with Crippen molar-refractivity contribution in [1.29, 1.82) is 0 Å². The van der Waals surface area contributed by atoms with Crippen molar-refractivity contribution in [3.8, 4) is 0 Å². The number of amides is 1. The van der Waals surface area contributed by atoms with Gasteiger partial charge in [0.05, 0.1) is 6.61 Å². The second-order valence-corrected chi connectivity index (χ2v) is 5.39. The lowest BCUT2D eigenvalue weighted by Gasteiger charge is -2.23. The molecule has 3 rings (SSSR count). The van der Waals surface area contributed by atoms with Crippen LogP contribution in [0.3, 0.4) is 0 Å². The zero-order chi connectivity index (χ0) is 13.1. The molecule has 0 aromatic heterocycles. The minimum absolute atomic E-state index is 0.0989. The van der Waals surface area contributed by atoms with Gasteiger partial charge in [-0.2, -0.15) is 0 Å². The summed E-state index contributed by atoms with van der Waals surface area (Å²) in [5.74, 6) is 0.572. The van der Waals surface area contributed by atoms with Crippen molar-refractivity contribution in [3.63, 3.8) is 0 Å². The van der Waals surface area contributed by atoms with E-state index in [0.717, 1.165) is 44.7 Å². The lowest BCUT2D eigenvalue weighted by atomic mass is 10.0. The Kier molecular flexibility index (Phi) is 3.69. The molecule has 1 saturated heterocycles. The van der Waals surface area contributed by atoms with Gasteiger partial charge in [-0.3, -0.25) is 4.79 Å². The van der Waals surface area contributed by atoms with Gasteiger partial charge in [-0.05, 0) is 30.4 Å². The molecule has 2 N–H and O–H groups in total. The molecular formula is C15H20N2O2. The lowest BCUT2D eigenvalue weighted by molar-refractivity contribution is -0.122. The van der Waals surface area contributed by atoms with Crippen LogP contribution in [0.15, 0.2) is 24.3 Å². The van der Waals surface area contributed by atoms with Crippen LogP contribution in [0.1, 0.15) is 18.4 Å². The summed E-state index contributed by atoms with van der Waals surface area (Å²) < 4.78 is 5.42. The topological polar surface area (TPSA) is 50.4 Å². The monoisotopic (exact) mass is 260 g/mol. The minimum Gasteiger partial charge on any atom is -0.381 e. The number of ether oxygens (including phenoxy) is 1. The number of carbonyl (C=O) groups excluding carboxylic acids is 1. The molecule has 4 nitrogen and oxygen atoms in total. The summed E-state index contributed by atoms with van der Waals surface area (Å²) in [6.07, 6.45) is 3.04. The molecule has 0 aliphatic carbocycles. The molecule has 2 atom stereocenters. The largest absolute Gasteiger partial charge is 0.381 e. The van der Waals surface area contributed by atoms with E-state index < -0.39 is 0 Å². The lowest BCUT2D eigenvalue weighted by Crippen LogP contribution is -2.41. The van der Waals surface area contributed by atoms with E-state index in [2.05, 4.69) is 16.7 Å². The van der Waals surface area contributed by atoms with Crippen molar-refractivity contribution in [2.45, 2.75) is 25.3 Å². The molecule has 0 saturated carbocycles. The SMILES string of the molecule is O=C(NCC1CCCOC1)C1Cc2ccccc2N1. The summed E-state index contributed by atoms with van der Waals surface area (Å²) in [7, 11) is 0. The maximum atomic E-state index is 12.1. The summed E-state index contributed by atoms with van der Waals surface area (Å²) in [6.45, 7) is 2.37. The number of fused-ring (bicyclic) bond motifs is 1. The smallest absolute Gasteiger partial charge is 0.242 e. The van der Waals surface area contributed by atoms with Gasteiger partial charge >= 0.3 is 0 Å². The molecule has 0 bridgehead atoms. The summed E-state index contributed by atoms with van der Waals surface area (Å²) in [5, 5.41) is 6.33. The zero-order valence-corrected chi connectivity index (χ0v) is 11.0. The maximum Gasteiger partial charge on any atom is 0.242 e. The number of hydrogen-bond acceptors (Lipinski definition) is 3. The van der Waals surface area contributed by atoms with E-state index in [1.54, 1.807) is 0 Å². The Morgan fingerprint density at radius 2 is 2.32 bits per heavy atom. The number of anilines is 1. The normalized spacial score (nSPS) is 25.5. The molecule has 1 fully saturated rings. The number of carbonyl (C=O) groups is 1. The molecule has 1 amide bonds. The third kappa shape index (κ3) is 2.89. The molecule has 2 unspecified atom stereocenters. The summed E-state index contributed by atoms with van der Waals surface area (Å²) in [5.41, 5.74) is 2.31. The van der Waals surface area contributed by atoms with Crippen molar-refractivity contribution < 1.29 is 9.53 Å². The highest BCUT2D eigenvalue weighted by Gasteiger charge is 2.26. The molecule has 2 aliphatic rings. The second-order valence-electron chi connectivity index (χ2n) is 5.39. The average Bonchev–Trinajstić information content (AvgIpc) is 2.90. The van der Waals surface area contributed by atoms with E-state index in [9.17, 15) is 4.79 Å². The Bertz CT molecular complexity index is 430. The average molecular weight is 260 g/mol. The van der Waals surface area contributed by atoms with Gasteiger partial charge in [0.15, 0.2) is 0 Å². The van der Waals surface area contributed by atoms with Gasteiger partial charge in [-0.15, -0.1) is 0 Å². The number of benzene rings is 1. The van der Waals surface area contributed by atoms with Crippen LogP contribution < -0.4 is 10.6 Å². The molecule has 102 valence electrons. The second kappa shape index (κ2) is 5.61. The van der Waals surface area contributed by atoms with Gasteiger partial charge < -0.3 is 15.4 Å². The Labute approximate surface area is 113 Å². The van der Waals surface area contributed by atoms with E-state index >= 15 is 0 Å². The van der Waals surface area contributed by atoms with E-state index in [0.29, 0.717) is 5.92 Å². The van der Waals surface area contributed by atoms with Crippen molar-refractivity contribution in [1.82, 2.24) is 5.32 Å². The predicted octanol–water partition coefficient (Wildman–Crippen LogP) is 1.57. The van der Waals surface area contributed by atoms with Crippen molar-refractivity contribution in [2.75, 3.05) is 25.1 Å². The molecule has 0 radical (unpaired) electrons. The maximum absolute atomic E-state index is 12.1. The zero-order valence-electron chi connectivity index (χ0n) is 11.0. The minimum atomic E-state index is -0.123. The first-order valence-electron chi connectivity index (χ1n) is 7.03. The molecular weight excluding hydrogens is 240 g/mol. The van der Waals surface area contributed by atoms with E-state index in [-0.39, 0.29) is 11.9 Å². The van der Waals surface area contributed by atoms with Crippen molar-refractivity contribution in [3.05, 3.63) is 29.8 Å². The van der Waals surface area contributed by atoms with Gasteiger partial charge in [0.25, 0.3) is 0 Å². The van der Waals surface area contributed by atoms with Crippen LogP contribution in [-0.4, -0.2) is 31.7 Å². The van der Waals surface area contributed by atoms with Gasteiger partial charge in [-0.1, -0.05) is 18.2 Å². The Hall–Kier alpha value is -1.55. The Morgan fingerprint density at radius 1 is 1.42 bits per heavy atom. The molecule has 19 heavy (non-hydrogen) atoms. The van der Waals surface area contributed by atoms with Crippen LogP contribution in [0.5, 0.6) is 0 Å². The van der Waals surface area contributed by atoms with Crippen molar-refractivity contribution >= 4 is 11.6 Å². The molecule has 4 heteroatoms. The highest BCUT2D eigenvalue weighted by Crippen LogP contribution is 2.25. The molecule has 1 aromatic carbocycles. The van der Waals surface area contributed by atoms with Crippen LogP contribution in [0.25, 0.3) is 0 Å². The summed E-state index contributed by atoms with van der Waals surface area (Å²) in [4.78, 5) is 12.1. The third-order valence-corrected chi connectivity index (χ3v) is 3.91. The Morgan fingerprint density at radius 3 is 3.11 bits per heavy atom. The van der Waals surface area contributed by atoms with E-state index in [1.165, 1.54) is 5.56 Å². The highest BCUT2D eigenvalue weighted by molar-refractivity contribution is 5.87. The number of nitrogens with one attached hydrogen (secondary N) is 2. The van der Waals surface area contributed by atoms with Gasteiger partial charge in [0.1, 0.15) is 6.04 Å². The molecule has 2 aliphatic heterocycles. The van der Waals surface area contributed by atoms with Gasteiger partial charge in [-0.25, -0.2) is 0 Å². The fraction of sp³-hybridized carbons (Fsp3) is 0.533. The van der Waals surface area contributed by atoms with Crippen LogP contribution in [0.2, 0.25) is 0 Å². The van der Waals surface area contributed by atoms with Crippen molar-refractivity contribution in [2.24, 2.45) is 5.92 Å². The number of hydrogen-bond donors (Lipinski definition) is 2. The molecule has 0 spiro atoms. The number of para-hydroxylation sites is 1. The van der Waals surface area contributed by atoms with Gasteiger partial charge in [0, 0.05) is 25.3 Å². The van der Waals surface area contributed by atoms with Crippen LogP contribution in [0.4, 0.5) is 5.69 Å². The first kappa shape index (κ1) is 12.5. The molecule has 2 heterocycles. The van der Waals surface area contributed by atoms with Crippen LogP contribution >= 0.6 is 0 Å². The van der Waals surface area contributed by atoms with Crippen LogP contribution in [0, 0.1) is 5.92 Å². The highest BCUT2D eigenvalue weighted by atomic mass is 16.5. The summed E-state index contributed by atoms with van der Waals surface area (Å²) in [6, 6.07) is 7.98.